The lowest BCUT2D eigenvalue weighted by atomic mass is 10.1. The zero-order valence-electron chi connectivity index (χ0n) is 11.6. The molecule has 0 bridgehead atoms. The molecule has 1 fully saturated rings. The molecule has 0 saturated carbocycles. The Hall–Kier alpha value is -2.54. The fourth-order valence-electron chi connectivity index (χ4n) is 2.37. The number of carbonyl (C=O) groups is 2. The standard InChI is InChI=1S/C15H14N4O2S/c20-13-11(14(21)19-15(22)18-13)8-16-6-5-9-7-17-12-4-2-1-3-10(9)12/h1-4,7-8,11,17H,5-6H2,(H2,18,19,20,21,22). The van der Waals surface area contributed by atoms with Crippen molar-refractivity contribution in [3.63, 3.8) is 0 Å². The average molecular weight is 314 g/mol. The normalized spacial score (nSPS) is 16.3. The Morgan fingerprint density at radius 2 is 1.91 bits per heavy atom. The fourth-order valence-corrected chi connectivity index (χ4v) is 2.57. The minimum atomic E-state index is -0.922. The first-order chi connectivity index (χ1) is 10.6. The molecule has 6 nitrogen and oxygen atoms in total. The van der Waals surface area contributed by atoms with Crippen molar-refractivity contribution >= 4 is 46.3 Å². The molecule has 1 saturated heterocycles. The fraction of sp³-hybridized carbons (Fsp3) is 0.200. The van der Waals surface area contributed by atoms with Gasteiger partial charge >= 0.3 is 0 Å². The number of hydrogen-bond donors (Lipinski definition) is 3. The summed E-state index contributed by atoms with van der Waals surface area (Å²) in [5.74, 6) is -1.80. The number of benzene rings is 1. The number of nitrogens with one attached hydrogen (secondary N) is 3. The van der Waals surface area contributed by atoms with Gasteiger partial charge in [0, 0.05) is 29.9 Å². The molecule has 2 heterocycles. The Balaban J connectivity index is 1.62. The summed E-state index contributed by atoms with van der Waals surface area (Å²) in [6, 6.07) is 8.03. The summed E-state index contributed by atoms with van der Waals surface area (Å²) in [4.78, 5) is 30.7. The zero-order valence-corrected chi connectivity index (χ0v) is 12.4. The van der Waals surface area contributed by atoms with Gasteiger partial charge in [-0.3, -0.25) is 14.6 Å². The molecule has 0 radical (unpaired) electrons. The molecule has 1 aromatic carbocycles. The van der Waals surface area contributed by atoms with Crippen LogP contribution in [0.15, 0.2) is 35.5 Å². The van der Waals surface area contributed by atoms with E-state index < -0.39 is 17.7 Å². The molecule has 7 heteroatoms. The van der Waals surface area contributed by atoms with E-state index in [0.29, 0.717) is 6.54 Å². The SMILES string of the molecule is O=C1NC(=S)NC(=O)C1C=NCCc1c[nH]c2ccccc12. The molecule has 112 valence electrons. The van der Waals surface area contributed by atoms with Gasteiger partial charge in [-0.05, 0) is 30.3 Å². The van der Waals surface area contributed by atoms with Gasteiger partial charge in [-0.25, -0.2) is 0 Å². The number of carbonyl (C=O) groups excluding carboxylic acids is 2. The van der Waals surface area contributed by atoms with Crippen molar-refractivity contribution in [2.75, 3.05) is 6.54 Å². The Morgan fingerprint density at radius 1 is 1.18 bits per heavy atom. The Kier molecular flexibility index (Phi) is 3.97. The average Bonchev–Trinajstić information content (AvgIpc) is 2.89. The maximum absolute atomic E-state index is 11.7. The van der Waals surface area contributed by atoms with Crippen LogP contribution in [0.3, 0.4) is 0 Å². The molecule has 1 aliphatic rings. The molecule has 2 aromatic rings. The van der Waals surface area contributed by atoms with E-state index in [9.17, 15) is 9.59 Å². The van der Waals surface area contributed by atoms with Gasteiger partial charge in [0.1, 0.15) is 0 Å². The summed E-state index contributed by atoms with van der Waals surface area (Å²) in [6.07, 6.45) is 4.06. The maximum Gasteiger partial charge on any atom is 0.244 e. The van der Waals surface area contributed by atoms with Crippen LogP contribution in [0.2, 0.25) is 0 Å². The number of nitrogens with zero attached hydrogens (tertiary/aromatic N) is 1. The van der Waals surface area contributed by atoms with Gasteiger partial charge in [0.05, 0.1) is 0 Å². The second kappa shape index (κ2) is 6.07. The first-order valence-electron chi connectivity index (χ1n) is 6.86. The molecular formula is C15H14N4O2S. The van der Waals surface area contributed by atoms with Crippen LogP contribution in [0.5, 0.6) is 0 Å². The van der Waals surface area contributed by atoms with Crippen molar-refractivity contribution in [1.82, 2.24) is 15.6 Å². The van der Waals surface area contributed by atoms with Gasteiger partial charge < -0.3 is 15.6 Å². The van der Waals surface area contributed by atoms with Gasteiger partial charge in [0.15, 0.2) is 11.0 Å². The molecule has 0 unspecified atom stereocenters. The summed E-state index contributed by atoms with van der Waals surface area (Å²) in [6.45, 7) is 0.503. The molecule has 0 spiro atoms. The molecular weight excluding hydrogens is 300 g/mol. The minimum absolute atomic E-state index is 0.0402. The molecule has 3 rings (SSSR count). The van der Waals surface area contributed by atoms with Gasteiger partial charge in [0.2, 0.25) is 11.8 Å². The molecule has 0 aliphatic carbocycles. The van der Waals surface area contributed by atoms with E-state index in [1.807, 2.05) is 30.5 Å². The third-order valence-corrected chi connectivity index (χ3v) is 3.68. The van der Waals surface area contributed by atoms with Crippen LogP contribution in [0.1, 0.15) is 5.56 Å². The number of H-pyrrole nitrogens is 1. The lowest BCUT2D eigenvalue weighted by Crippen LogP contribution is -2.56. The first-order valence-corrected chi connectivity index (χ1v) is 7.26. The highest BCUT2D eigenvalue weighted by Gasteiger charge is 2.30. The highest BCUT2D eigenvalue weighted by molar-refractivity contribution is 7.80. The van der Waals surface area contributed by atoms with Crippen LogP contribution in [0, 0.1) is 5.92 Å². The maximum atomic E-state index is 11.7. The molecule has 0 atom stereocenters. The Bertz CT molecular complexity index is 761. The highest BCUT2D eigenvalue weighted by Crippen LogP contribution is 2.17. The monoisotopic (exact) mass is 314 g/mol. The summed E-state index contributed by atoms with van der Waals surface area (Å²) >= 11 is 4.74. The van der Waals surface area contributed by atoms with Crippen molar-refractivity contribution in [1.29, 1.82) is 0 Å². The number of aliphatic imine (C=N–C) groups is 1. The van der Waals surface area contributed by atoms with Crippen molar-refractivity contribution in [3.8, 4) is 0 Å². The third kappa shape index (κ3) is 2.89. The van der Waals surface area contributed by atoms with Crippen LogP contribution in [0.25, 0.3) is 10.9 Å². The van der Waals surface area contributed by atoms with E-state index in [-0.39, 0.29) is 5.11 Å². The molecule has 1 aromatic heterocycles. The smallest absolute Gasteiger partial charge is 0.244 e. The number of para-hydroxylation sites is 1. The predicted molar refractivity (Wildman–Crippen MR) is 87.7 cm³/mol. The van der Waals surface area contributed by atoms with E-state index in [1.54, 1.807) is 0 Å². The lowest BCUT2D eigenvalue weighted by Gasteiger charge is -2.19. The van der Waals surface area contributed by atoms with Crippen LogP contribution >= 0.6 is 12.2 Å². The van der Waals surface area contributed by atoms with Gasteiger partial charge in [0.25, 0.3) is 0 Å². The number of thiocarbonyl (C=S) groups is 1. The molecule has 2 amide bonds. The second-order valence-electron chi connectivity index (χ2n) is 4.95. The number of aromatic amines is 1. The molecule has 3 N–H and O–H groups in total. The van der Waals surface area contributed by atoms with Crippen LogP contribution < -0.4 is 10.6 Å². The zero-order chi connectivity index (χ0) is 15.5. The summed E-state index contributed by atoms with van der Waals surface area (Å²) in [5, 5.41) is 6.01. The predicted octanol–water partition coefficient (Wildman–Crippen LogP) is 0.928. The summed E-state index contributed by atoms with van der Waals surface area (Å²) < 4.78 is 0. The van der Waals surface area contributed by atoms with Crippen molar-refractivity contribution < 1.29 is 9.59 Å². The van der Waals surface area contributed by atoms with Gasteiger partial charge in [-0.2, -0.15) is 0 Å². The third-order valence-electron chi connectivity index (χ3n) is 3.48. The quantitative estimate of drug-likeness (QED) is 0.446. The highest BCUT2D eigenvalue weighted by atomic mass is 32.1. The van der Waals surface area contributed by atoms with Crippen LogP contribution in [-0.2, 0) is 16.0 Å². The molecule has 22 heavy (non-hydrogen) atoms. The topological polar surface area (TPSA) is 86.3 Å². The van der Waals surface area contributed by atoms with Gasteiger partial charge in [-0.1, -0.05) is 18.2 Å². The molecule has 1 aliphatic heterocycles. The minimum Gasteiger partial charge on any atom is -0.361 e. The van der Waals surface area contributed by atoms with E-state index in [0.717, 1.165) is 22.9 Å². The van der Waals surface area contributed by atoms with Crippen molar-refractivity contribution in [3.05, 3.63) is 36.0 Å². The van der Waals surface area contributed by atoms with E-state index in [1.165, 1.54) is 6.21 Å². The number of hydrogen-bond acceptors (Lipinski definition) is 4. The number of aromatic nitrogens is 1. The summed E-state index contributed by atoms with van der Waals surface area (Å²) in [5.41, 5.74) is 2.24. The van der Waals surface area contributed by atoms with E-state index in [4.69, 9.17) is 12.2 Å². The van der Waals surface area contributed by atoms with Crippen molar-refractivity contribution in [2.45, 2.75) is 6.42 Å². The first kappa shape index (κ1) is 14.4. The van der Waals surface area contributed by atoms with Crippen LogP contribution in [-0.4, -0.2) is 34.7 Å². The lowest BCUT2D eigenvalue weighted by molar-refractivity contribution is -0.131. The number of amides is 2. The van der Waals surface area contributed by atoms with Crippen LogP contribution in [0.4, 0.5) is 0 Å². The van der Waals surface area contributed by atoms with E-state index in [2.05, 4.69) is 20.6 Å². The largest absolute Gasteiger partial charge is 0.361 e. The van der Waals surface area contributed by atoms with Gasteiger partial charge in [-0.15, -0.1) is 0 Å². The second-order valence-corrected chi connectivity index (χ2v) is 5.36. The summed E-state index contributed by atoms with van der Waals surface area (Å²) in [7, 11) is 0. The number of fused-ring (bicyclic) bond motifs is 1. The Labute approximate surface area is 132 Å². The van der Waals surface area contributed by atoms with E-state index >= 15 is 0 Å². The van der Waals surface area contributed by atoms with Crippen molar-refractivity contribution in [2.24, 2.45) is 10.9 Å². The number of rotatable bonds is 4. The Morgan fingerprint density at radius 3 is 2.68 bits per heavy atom.